The Kier molecular flexibility index (Phi) is 3.84. The Bertz CT molecular complexity index is 42.1. The third-order valence-electron chi connectivity index (χ3n) is 0.246. The smallest absolute Gasteiger partial charge is 0.0185 e. The van der Waals surface area contributed by atoms with Gasteiger partial charge in [-0.05, 0) is 0 Å². The van der Waals surface area contributed by atoms with Gasteiger partial charge >= 0.3 is 0 Å². The third kappa shape index (κ3) is 3.91. The van der Waals surface area contributed by atoms with E-state index >= 15 is 0 Å². The Hall–Kier alpha value is -0.0900. The monoisotopic (exact) mass is 85.0 g/mol. The topological polar surface area (TPSA) is 0 Å². The zero-order valence-corrected chi connectivity index (χ0v) is 3.72. The predicted octanol–water partition coefficient (Wildman–Crippen LogP) is 1.21. The molecule has 0 rings (SSSR count). The van der Waals surface area contributed by atoms with Crippen LogP contribution < -0.4 is 0 Å². The fraction of sp³-hybridized carbons (Fsp3) is 0.500. The van der Waals surface area contributed by atoms with Gasteiger partial charge in [-0.1, -0.05) is 12.6 Å². The second kappa shape index (κ2) is 3.91. The minimum absolute atomic E-state index is 0.691. The molecule has 0 heterocycles. The van der Waals surface area contributed by atoms with Crippen molar-refractivity contribution in [3.63, 3.8) is 0 Å². The standard InChI is InChI=1S/C4H5S/c1-2-3-4-5/h1H,3-4H2. The summed E-state index contributed by atoms with van der Waals surface area (Å²) in [6, 6.07) is 0. The Morgan fingerprint density at radius 2 is 2.40 bits per heavy atom. The van der Waals surface area contributed by atoms with E-state index in [9.17, 15) is 0 Å². The van der Waals surface area contributed by atoms with Gasteiger partial charge in [-0.3, -0.25) is 0 Å². The molecular formula is C4H5S. The first-order valence-corrected chi connectivity index (χ1v) is 2.01. The molecule has 0 bridgehead atoms. The van der Waals surface area contributed by atoms with E-state index < -0.39 is 0 Å². The van der Waals surface area contributed by atoms with Crippen LogP contribution in [0.1, 0.15) is 6.42 Å². The Morgan fingerprint density at radius 1 is 1.80 bits per heavy atom. The lowest BCUT2D eigenvalue weighted by Crippen LogP contribution is -1.61. The van der Waals surface area contributed by atoms with Crippen LogP contribution in [0.3, 0.4) is 0 Å². The molecule has 0 aromatic carbocycles. The molecule has 0 unspecified atom stereocenters. The molecule has 0 fully saturated rings. The van der Waals surface area contributed by atoms with Gasteiger partial charge in [-0.25, -0.2) is 0 Å². The molecule has 0 aliphatic carbocycles. The van der Waals surface area contributed by atoms with Crippen LogP contribution in [0.4, 0.5) is 0 Å². The Morgan fingerprint density at radius 3 is 2.40 bits per heavy atom. The summed E-state index contributed by atoms with van der Waals surface area (Å²) in [6.07, 6.45) is 5.55. The van der Waals surface area contributed by atoms with Gasteiger partial charge in [0, 0.05) is 12.2 Å². The first-order chi connectivity index (χ1) is 2.41. The maximum Gasteiger partial charge on any atom is 0.0185 e. The predicted molar refractivity (Wildman–Crippen MR) is 25.9 cm³/mol. The molecule has 0 aromatic heterocycles. The SMILES string of the molecule is C#CCC[S]. The van der Waals surface area contributed by atoms with Gasteiger partial charge in [-0.15, -0.1) is 12.3 Å². The summed E-state index contributed by atoms with van der Waals surface area (Å²) in [5.74, 6) is 3.10. The second-order valence-corrected chi connectivity index (χ2v) is 1.07. The lowest BCUT2D eigenvalue weighted by atomic mass is 10.5. The van der Waals surface area contributed by atoms with Crippen LogP contribution in [0, 0.1) is 12.3 Å². The minimum Gasteiger partial charge on any atom is -0.120 e. The summed E-state index contributed by atoms with van der Waals surface area (Å²) >= 11 is 4.51. The molecule has 0 aromatic rings. The van der Waals surface area contributed by atoms with Crippen molar-refractivity contribution < 1.29 is 0 Å². The van der Waals surface area contributed by atoms with Crippen LogP contribution in [0.2, 0.25) is 0 Å². The van der Waals surface area contributed by atoms with Crippen molar-refractivity contribution in [2.24, 2.45) is 0 Å². The Labute approximate surface area is 38.0 Å². The van der Waals surface area contributed by atoms with E-state index in [0.717, 1.165) is 6.42 Å². The van der Waals surface area contributed by atoms with Gasteiger partial charge in [0.15, 0.2) is 0 Å². The van der Waals surface area contributed by atoms with Crippen molar-refractivity contribution >= 4 is 12.6 Å². The quantitative estimate of drug-likeness (QED) is 0.420. The van der Waals surface area contributed by atoms with E-state index in [0.29, 0.717) is 5.75 Å². The first-order valence-electron chi connectivity index (χ1n) is 1.43. The largest absolute Gasteiger partial charge is 0.120 e. The molecule has 1 radical (unpaired) electrons. The summed E-state index contributed by atoms with van der Waals surface area (Å²) in [4.78, 5) is 0. The van der Waals surface area contributed by atoms with E-state index in [4.69, 9.17) is 6.42 Å². The molecule has 0 atom stereocenters. The fourth-order valence-corrected chi connectivity index (χ4v) is 0.177. The highest BCUT2D eigenvalue weighted by atomic mass is 32.1. The molecule has 0 aliphatic rings. The summed E-state index contributed by atoms with van der Waals surface area (Å²) in [7, 11) is 0. The van der Waals surface area contributed by atoms with Gasteiger partial charge in [0.1, 0.15) is 0 Å². The molecule has 5 heavy (non-hydrogen) atoms. The van der Waals surface area contributed by atoms with Crippen LogP contribution >= 0.6 is 12.6 Å². The third-order valence-corrected chi connectivity index (χ3v) is 0.451. The van der Waals surface area contributed by atoms with E-state index in [2.05, 4.69) is 18.5 Å². The van der Waals surface area contributed by atoms with Crippen molar-refractivity contribution in [1.82, 2.24) is 0 Å². The molecule has 0 amide bonds. The van der Waals surface area contributed by atoms with Gasteiger partial charge in [0.05, 0.1) is 0 Å². The van der Waals surface area contributed by atoms with Crippen LogP contribution in [0.25, 0.3) is 0 Å². The van der Waals surface area contributed by atoms with Gasteiger partial charge < -0.3 is 0 Å². The summed E-state index contributed by atoms with van der Waals surface area (Å²) in [5, 5.41) is 0. The van der Waals surface area contributed by atoms with E-state index in [1.165, 1.54) is 0 Å². The van der Waals surface area contributed by atoms with E-state index in [1.54, 1.807) is 0 Å². The highest BCUT2D eigenvalue weighted by Crippen LogP contribution is 1.75. The normalized spacial score (nSPS) is 6.40. The van der Waals surface area contributed by atoms with Crippen LogP contribution in [-0.4, -0.2) is 5.75 Å². The summed E-state index contributed by atoms with van der Waals surface area (Å²) < 4.78 is 0. The summed E-state index contributed by atoms with van der Waals surface area (Å²) in [5.41, 5.74) is 0. The average molecular weight is 85.2 g/mol. The zero-order valence-electron chi connectivity index (χ0n) is 2.90. The second-order valence-electron chi connectivity index (χ2n) is 0.658. The molecule has 0 saturated carbocycles. The summed E-state index contributed by atoms with van der Waals surface area (Å²) in [6.45, 7) is 0. The number of terminal acetylenes is 1. The van der Waals surface area contributed by atoms with Crippen LogP contribution in [-0.2, 0) is 0 Å². The maximum atomic E-state index is 4.82. The molecule has 0 spiro atoms. The molecule has 0 aliphatic heterocycles. The number of hydrogen-bond donors (Lipinski definition) is 0. The molecule has 0 N–H and O–H groups in total. The highest BCUT2D eigenvalue weighted by molar-refractivity contribution is 7.80. The molecule has 27 valence electrons. The maximum absolute atomic E-state index is 4.82. The molecule has 0 saturated heterocycles. The average Bonchev–Trinajstić information content (AvgIpc) is 1.41. The lowest BCUT2D eigenvalue weighted by molar-refractivity contribution is 1.31. The highest BCUT2D eigenvalue weighted by Gasteiger charge is 1.63. The van der Waals surface area contributed by atoms with E-state index in [-0.39, 0.29) is 0 Å². The lowest BCUT2D eigenvalue weighted by Gasteiger charge is -1.67. The van der Waals surface area contributed by atoms with Gasteiger partial charge in [0.25, 0.3) is 0 Å². The zero-order chi connectivity index (χ0) is 4.12. The van der Waals surface area contributed by atoms with Crippen LogP contribution in [0.5, 0.6) is 0 Å². The Balaban J connectivity index is 2.48. The van der Waals surface area contributed by atoms with Crippen molar-refractivity contribution in [2.45, 2.75) is 6.42 Å². The fourth-order valence-electron chi connectivity index (χ4n) is 0.0589. The number of rotatable bonds is 1. The van der Waals surface area contributed by atoms with E-state index in [1.807, 2.05) is 0 Å². The van der Waals surface area contributed by atoms with Crippen LogP contribution in [0.15, 0.2) is 0 Å². The molecule has 0 nitrogen and oxygen atoms in total. The molecule has 1 heteroatoms. The number of hydrogen-bond acceptors (Lipinski definition) is 0. The van der Waals surface area contributed by atoms with Crippen molar-refractivity contribution in [1.29, 1.82) is 0 Å². The molecular weight excluding hydrogens is 80.1 g/mol. The van der Waals surface area contributed by atoms with Gasteiger partial charge in [0.2, 0.25) is 0 Å². The van der Waals surface area contributed by atoms with Gasteiger partial charge in [-0.2, -0.15) is 0 Å². The first kappa shape index (κ1) is 4.91. The van der Waals surface area contributed by atoms with Crippen molar-refractivity contribution in [3.8, 4) is 12.3 Å². The van der Waals surface area contributed by atoms with Crippen molar-refractivity contribution in [3.05, 3.63) is 0 Å². The van der Waals surface area contributed by atoms with Crippen molar-refractivity contribution in [2.75, 3.05) is 5.75 Å². The minimum atomic E-state index is 0.691.